The summed E-state index contributed by atoms with van der Waals surface area (Å²) in [5, 5.41) is 13.0. The predicted molar refractivity (Wildman–Crippen MR) is 150 cm³/mol. The Morgan fingerprint density at radius 2 is 1.82 bits per heavy atom. The van der Waals surface area contributed by atoms with Crippen molar-refractivity contribution in [3.63, 3.8) is 0 Å². The number of hydrogen-bond donors (Lipinski definition) is 4. The van der Waals surface area contributed by atoms with E-state index < -0.39 is 24.7 Å². The Labute approximate surface area is 234 Å². The van der Waals surface area contributed by atoms with Gasteiger partial charge in [-0.15, -0.1) is 0 Å². The number of rotatable bonds is 8. The van der Waals surface area contributed by atoms with E-state index in [1.54, 1.807) is 36.3 Å². The SMILES string of the molecule is COC1CCC([C@H]2CCN(C(=O)[C@H]3CC[C@H]([C@H](N)CF)CC3)[C@H]2C(=O)Nc2ccc3[nH]c(C(=O)O)cc3c2)CC1. The molecule has 3 atom stereocenters. The molecule has 0 radical (unpaired) electrons. The van der Waals surface area contributed by atoms with Crippen molar-refractivity contribution in [1.82, 2.24) is 9.88 Å². The van der Waals surface area contributed by atoms with Crippen LogP contribution in [-0.4, -0.2) is 71.3 Å². The monoisotopic (exact) mass is 556 g/mol. The summed E-state index contributed by atoms with van der Waals surface area (Å²) in [6, 6.07) is 5.75. The first-order valence-corrected chi connectivity index (χ1v) is 14.6. The Morgan fingerprint density at radius 1 is 1.10 bits per heavy atom. The second-order valence-electron chi connectivity index (χ2n) is 11.9. The van der Waals surface area contributed by atoms with Crippen LogP contribution in [0.4, 0.5) is 10.1 Å². The number of aromatic carboxylic acids is 1. The number of methoxy groups -OCH3 is 1. The number of carboxylic acid groups (broad SMARTS) is 1. The van der Waals surface area contributed by atoms with Gasteiger partial charge in [-0.25, -0.2) is 9.18 Å². The number of benzene rings is 1. The Morgan fingerprint density at radius 3 is 2.48 bits per heavy atom. The Balaban J connectivity index is 1.34. The number of aromatic amines is 1. The van der Waals surface area contributed by atoms with Crippen molar-refractivity contribution in [3.05, 3.63) is 30.0 Å². The lowest BCUT2D eigenvalue weighted by molar-refractivity contribution is -0.142. The molecule has 9 nitrogen and oxygen atoms in total. The number of ether oxygens (including phenoxy) is 1. The number of carbonyl (C=O) groups excluding carboxylic acids is 2. The molecule has 2 saturated carbocycles. The molecule has 3 fully saturated rings. The van der Waals surface area contributed by atoms with Crippen molar-refractivity contribution >= 4 is 34.4 Å². The molecule has 5 rings (SSSR count). The van der Waals surface area contributed by atoms with Crippen LogP contribution in [0, 0.1) is 23.7 Å². The molecule has 0 bridgehead atoms. The summed E-state index contributed by atoms with van der Waals surface area (Å²) in [6.07, 6.45) is 7.66. The first-order valence-electron chi connectivity index (χ1n) is 14.6. The molecule has 40 heavy (non-hydrogen) atoms. The number of anilines is 1. The number of likely N-dealkylation sites (tertiary alicyclic amines) is 1. The van der Waals surface area contributed by atoms with Gasteiger partial charge in [0.2, 0.25) is 11.8 Å². The van der Waals surface area contributed by atoms with E-state index in [9.17, 15) is 23.9 Å². The van der Waals surface area contributed by atoms with E-state index in [0.717, 1.165) is 44.9 Å². The molecule has 0 unspecified atom stereocenters. The number of aromatic nitrogens is 1. The molecule has 2 aromatic rings. The third kappa shape index (κ3) is 5.88. The third-order valence-corrected chi connectivity index (χ3v) is 9.68. The molecular weight excluding hydrogens is 515 g/mol. The smallest absolute Gasteiger partial charge is 0.352 e. The highest BCUT2D eigenvalue weighted by Crippen LogP contribution is 2.42. The van der Waals surface area contributed by atoms with Gasteiger partial charge in [-0.05, 0) is 99.8 Å². The molecule has 2 amide bonds. The minimum Gasteiger partial charge on any atom is -0.477 e. The lowest BCUT2D eigenvalue weighted by Gasteiger charge is -2.37. The number of carboxylic acids is 1. The second kappa shape index (κ2) is 12.3. The fourth-order valence-corrected chi connectivity index (χ4v) is 7.34. The number of carbonyl (C=O) groups is 3. The molecule has 10 heteroatoms. The van der Waals surface area contributed by atoms with Crippen molar-refractivity contribution in [2.24, 2.45) is 29.4 Å². The van der Waals surface area contributed by atoms with Gasteiger partial charge in [-0.2, -0.15) is 0 Å². The molecule has 5 N–H and O–H groups in total. The van der Waals surface area contributed by atoms with E-state index in [1.165, 1.54) is 0 Å². The number of fused-ring (bicyclic) bond motifs is 1. The van der Waals surface area contributed by atoms with Crippen molar-refractivity contribution in [2.45, 2.75) is 76.0 Å². The van der Waals surface area contributed by atoms with Crippen LogP contribution in [0.25, 0.3) is 10.9 Å². The van der Waals surface area contributed by atoms with Gasteiger partial charge in [-0.1, -0.05) is 0 Å². The first kappa shape index (κ1) is 28.5. The molecule has 1 saturated heterocycles. The van der Waals surface area contributed by atoms with Crippen LogP contribution >= 0.6 is 0 Å². The molecule has 1 aromatic carbocycles. The van der Waals surface area contributed by atoms with Crippen LogP contribution in [0.1, 0.15) is 68.3 Å². The highest BCUT2D eigenvalue weighted by atomic mass is 19.1. The zero-order valence-electron chi connectivity index (χ0n) is 23.1. The van der Waals surface area contributed by atoms with Crippen LogP contribution in [-0.2, 0) is 14.3 Å². The maximum atomic E-state index is 13.9. The lowest BCUT2D eigenvalue weighted by atomic mass is 9.75. The summed E-state index contributed by atoms with van der Waals surface area (Å²) in [4.78, 5) is 43.8. The maximum Gasteiger partial charge on any atom is 0.352 e. The number of nitrogens with one attached hydrogen (secondary N) is 2. The van der Waals surface area contributed by atoms with Crippen molar-refractivity contribution in [1.29, 1.82) is 0 Å². The summed E-state index contributed by atoms with van der Waals surface area (Å²) in [7, 11) is 1.74. The van der Waals surface area contributed by atoms with Gasteiger partial charge in [0.15, 0.2) is 0 Å². The van der Waals surface area contributed by atoms with Crippen molar-refractivity contribution in [3.8, 4) is 0 Å². The topological polar surface area (TPSA) is 138 Å². The molecule has 0 spiro atoms. The molecule has 2 heterocycles. The van der Waals surface area contributed by atoms with Gasteiger partial charge in [0, 0.05) is 42.2 Å². The van der Waals surface area contributed by atoms with Gasteiger partial charge in [0.1, 0.15) is 18.4 Å². The van der Waals surface area contributed by atoms with Crippen LogP contribution < -0.4 is 11.1 Å². The number of H-pyrrole nitrogens is 1. The highest BCUT2D eigenvalue weighted by molar-refractivity contribution is 6.00. The fraction of sp³-hybridized carbons (Fsp3) is 0.633. The zero-order valence-corrected chi connectivity index (χ0v) is 23.1. The Bertz CT molecular complexity index is 1220. The van der Waals surface area contributed by atoms with E-state index in [4.69, 9.17) is 10.5 Å². The Hall–Kier alpha value is -2.98. The van der Waals surface area contributed by atoms with Crippen LogP contribution in [0.15, 0.2) is 24.3 Å². The molecule has 2 aliphatic carbocycles. The van der Waals surface area contributed by atoms with Gasteiger partial charge >= 0.3 is 5.97 Å². The first-order chi connectivity index (χ1) is 19.3. The van der Waals surface area contributed by atoms with E-state index in [1.807, 2.05) is 0 Å². The third-order valence-electron chi connectivity index (χ3n) is 9.68. The van der Waals surface area contributed by atoms with Crippen LogP contribution in [0.2, 0.25) is 0 Å². The number of hydrogen-bond acceptors (Lipinski definition) is 5. The highest BCUT2D eigenvalue weighted by Gasteiger charge is 2.47. The van der Waals surface area contributed by atoms with Crippen molar-refractivity contribution in [2.75, 3.05) is 25.6 Å². The summed E-state index contributed by atoms with van der Waals surface area (Å²) in [6.45, 7) is 0.00530. The second-order valence-corrected chi connectivity index (χ2v) is 11.9. The van der Waals surface area contributed by atoms with Crippen LogP contribution in [0.3, 0.4) is 0 Å². The maximum absolute atomic E-state index is 13.9. The van der Waals surface area contributed by atoms with Gasteiger partial charge in [-0.3, -0.25) is 9.59 Å². The molecule has 218 valence electrons. The van der Waals surface area contributed by atoms with Gasteiger partial charge < -0.3 is 30.8 Å². The van der Waals surface area contributed by atoms with Crippen molar-refractivity contribution < 1.29 is 28.6 Å². The number of halogens is 1. The number of nitrogens with zero attached hydrogens (tertiary/aromatic N) is 1. The summed E-state index contributed by atoms with van der Waals surface area (Å²) < 4.78 is 18.7. The summed E-state index contributed by atoms with van der Waals surface area (Å²) >= 11 is 0. The largest absolute Gasteiger partial charge is 0.477 e. The van der Waals surface area contributed by atoms with E-state index in [2.05, 4.69) is 10.3 Å². The molecule has 3 aliphatic rings. The number of nitrogens with two attached hydrogens (primary N) is 1. The molecule has 1 aromatic heterocycles. The molecular formula is C30H41FN4O5. The van der Waals surface area contributed by atoms with Gasteiger partial charge in [0.25, 0.3) is 0 Å². The Kier molecular flexibility index (Phi) is 8.75. The van der Waals surface area contributed by atoms with E-state index in [-0.39, 0.29) is 41.4 Å². The fourth-order valence-electron chi connectivity index (χ4n) is 7.34. The summed E-state index contributed by atoms with van der Waals surface area (Å²) in [5.41, 5.74) is 7.25. The lowest BCUT2D eigenvalue weighted by Crippen LogP contribution is -2.50. The zero-order chi connectivity index (χ0) is 28.4. The average Bonchev–Trinajstić information content (AvgIpc) is 3.61. The quantitative estimate of drug-likeness (QED) is 0.382. The van der Waals surface area contributed by atoms with Gasteiger partial charge in [0.05, 0.1) is 6.10 Å². The number of alkyl halides is 1. The van der Waals surface area contributed by atoms with E-state index >= 15 is 0 Å². The van der Waals surface area contributed by atoms with E-state index in [0.29, 0.717) is 41.9 Å². The van der Waals surface area contributed by atoms with Crippen LogP contribution in [0.5, 0.6) is 0 Å². The standard InChI is InChI=1S/C30H41FN4O5/c1-40-22-9-6-17(7-10-22)23-12-13-35(29(37)19-4-2-18(3-5-19)24(32)16-31)27(23)28(36)33-21-8-11-25-20(14-21)15-26(34-25)30(38)39/h8,11,14-15,17-19,22-24,27,34H,2-7,9-10,12-13,16,32H2,1H3,(H,33,36)(H,38,39)/t17?,18-,19-,22?,23-,24-,27-/m1/s1. The predicted octanol–water partition coefficient (Wildman–Crippen LogP) is 4.33. The number of amides is 2. The summed E-state index contributed by atoms with van der Waals surface area (Å²) in [5.74, 6) is -0.906. The minimum absolute atomic E-state index is 0.0210. The average molecular weight is 557 g/mol. The molecule has 1 aliphatic heterocycles. The minimum atomic E-state index is -1.05. The normalized spacial score (nSPS) is 29.8.